The summed E-state index contributed by atoms with van der Waals surface area (Å²) in [6.45, 7) is 5.27. The van der Waals surface area contributed by atoms with Crippen LogP contribution in [0.1, 0.15) is 49.0 Å². The van der Waals surface area contributed by atoms with Gasteiger partial charge in [0.15, 0.2) is 11.5 Å². The molecule has 0 spiro atoms. The Hall–Kier alpha value is -3.94. The van der Waals surface area contributed by atoms with Gasteiger partial charge in [0.1, 0.15) is 11.4 Å². The van der Waals surface area contributed by atoms with Crippen LogP contribution in [-0.4, -0.2) is 41.3 Å². The number of carbonyl (C=O) groups is 2. The Bertz CT molecular complexity index is 1290. The summed E-state index contributed by atoms with van der Waals surface area (Å²) in [5.74, 6) is -0.894. The Morgan fingerprint density at radius 2 is 1.59 bits per heavy atom. The second-order valence-corrected chi connectivity index (χ2v) is 9.12. The summed E-state index contributed by atoms with van der Waals surface area (Å²) in [6, 6.07) is 14.1. The van der Waals surface area contributed by atoms with Crippen LogP contribution in [0.15, 0.2) is 58.1 Å². The molecule has 0 saturated heterocycles. The summed E-state index contributed by atoms with van der Waals surface area (Å²) >= 11 is 0. The van der Waals surface area contributed by atoms with Gasteiger partial charge in [0.25, 0.3) is 16.8 Å². The number of anilines is 3. The van der Waals surface area contributed by atoms with E-state index in [1.165, 1.54) is 17.0 Å². The zero-order chi connectivity index (χ0) is 25.2. The first-order chi connectivity index (χ1) is 15.9. The molecule has 0 aromatic heterocycles. The number of benzene rings is 2. The highest BCUT2D eigenvalue weighted by Crippen LogP contribution is 2.33. The van der Waals surface area contributed by atoms with Gasteiger partial charge in [-0.05, 0) is 37.5 Å². The van der Waals surface area contributed by atoms with Crippen molar-refractivity contribution in [3.05, 3.63) is 80.1 Å². The molecule has 1 atom stereocenters. The zero-order valence-corrected chi connectivity index (χ0v) is 19.9. The van der Waals surface area contributed by atoms with E-state index in [9.17, 15) is 24.3 Å². The van der Waals surface area contributed by atoms with Gasteiger partial charge in [-0.15, -0.1) is 0 Å². The van der Waals surface area contributed by atoms with E-state index in [4.69, 9.17) is 0 Å². The van der Waals surface area contributed by atoms with E-state index in [2.05, 4.69) is 10.6 Å². The van der Waals surface area contributed by atoms with Crippen LogP contribution in [-0.2, 0) is 4.79 Å². The van der Waals surface area contributed by atoms with Gasteiger partial charge in [0.2, 0.25) is 0 Å². The maximum Gasteiger partial charge on any atom is 0.257 e. The molecule has 8 nitrogen and oxygen atoms in total. The lowest BCUT2D eigenvalue weighted by Gasteiger charge is -2.29. The molecule has 0 aliphatic carbocycles. The first-order valence-corrected chi connectivity index (χ1v) is 10.9. The average molecular weight is 464 g/mol. The van der Waals surface area contributed by atoms with Gasteiger partial charge in [0, 0.05) is 20.5 Å². The van der Waals surface area contributed by atoms with Gasteiger partial charge in [-0.3, -0.25) is 19.2 Å². The number of nitrogens with one attached hydrogen (secondary N) is 2. The average Bonchev–Trinajstić information content (AvgIpc) is 2.81. The minimum atomic E-state index is -1.12. The number of phenolic OH excluding ortho intramolecular Hbond substituents is 1. The number of phenols is 1. The van der Waals surface area contributed by atoms with Crippen LogP contribution < -0.4 is 21.5 Å². The lowest BCUT2D eigenvalue weighted by Crippen LogP contribution is -2.46. The van der Waals surface area contributed by atoms with Crippen molar-refractivity contribution in [2.45, 2.75) is 38.6 Å². The number of nitrogens with zero attached hydrogens (tertiary/aromatic N) is 1. The van der Waals surface area contributed by atoms with Crippen LogP contribution in [0.4, 0.5) is 17.1 Å². The SMILES string of the molecule is C[C@@H](CC(=O)C(C)(C)Nc1c(Nc2cccc(C(=O)N(C)C)c2O)c(=O)c1=O)c1ccccc1. The van der Waals surface area contributed by atoms with Gasteiger partial charge in [-0.25, -0.2) is 0 Å². The Labute approximate surface area is 197 Å². The number of rotatable bonds is 9. The van der Waals surface area contributed by atoms with E-state index in [-0.39, 0.29) is 46.5 Å². The monoisotopic (exact) mass is 463 g/mol. The molecule has 3 rings (SSSR count). The van der Waals surface area contributed by atoms with E-state index in [0.29, 0.717) is 0 Å². The van der Waals surface area contributed by atoms with Gasteiger partial charge in [0.05, 0.1) is 16.8 Å². The molecule has 3 aromatic carbocycles. The number of hydrogen-bond acceptors (Lipinski definition) is 7. The molecule has 0 unspecified atom stereocenters. The zero-order valence-electron chi connectivity index (χ0n) is 19.9. The van der Waals surface area contributed by atoms with Crippen molar-refractivity contribution < 1.29 is 14.7 Å². The van der Waals surface area contributed by atoms with Crippen LogP contribution >= 0.6 is 0 Å². The number of carbonyl (C=O) groups excluding carboxylic acids is 2. The summed E-state index contributed by atoms with van der Waals surface area (Å²) in [5.41, 5.74) is -1.55. The van der Waals surface area contributed by atoms with Crippen LogP contribution in [0.25, 0.3) is 0 Å². The molecular formula is C26H29N3O5. The van der Waals surface area contributed by atoms with E-state index in [1.807, 2.05) is 37.3 Å². The summed E-state index contributed by atoms with van der Waals surface area (Å²) < 4.78 is 0. The van der Waals surface area contributed by atoms with Crippen molar-refractivity contribution in [1.29, 1.82) is 0 Å². The molecule has 0 heterocycles. The molecule has 178 valence electrons. The molecule has 0 aliphatic rings. The van der Waals surface area contributed by atoms with Crippen molar-refractivity contribution in [3.63, 3.8) is 0 Å². The summed E-state index contributed by atoms with van der Waals surface area (Å²) in [7, 11) is 3.11. The lowest BCUT2D eigenvalue weighted by molar-refractivity contribution is -0.122. The van der Waals surface area contributed by atoms with E-state index >= 15 is 0 Å². The normalized spacial score (nSPS) is 12.3. The van der Waals surface area contributed by atoms with Crippen molar-refractivity contribution in [1.82, 2.24) is 4.90 Å². The molecule has 0 bridgehead atoms. The molecule has 1 amide bonds. The smallest absolute Gasteiger partial charge is 0.257 e. The highest BCUT2D eigenvalue weighted by molar-refractivity contribution is 5.99. The molecular weight excluding hydrogens is 434 g/mol. The maximum absolute atomic E-state index is 13.0. The fourth-order valence-electron chi connectivity index (χ4n) is 3.64. The van der Waals surface area contributed by atoms with Gasteiger partial charge in [-0.1, -0.05) is 43.3 Å². The number of ketones is 1. The molecule has 0 aliphatic heterocycles. The predicted molar refractivity (Wildman–Crippen MR) is 133 cm³/mol. The van der Waals surface area contributed by atoms with E-state index < -0.39 is 22.3 Å². The number of para-hydroxylation sites is 1. The van der Waals surface area contributed by atoms with Crippen LogP contribution in [0, 0.1) is 0 Å². The van der Waals surface area contributed by atoms with E-state index in [0.717, 1.165) is 5.56 Å². The minimum Gasteiger partial charge on any atom is -0.505 e. The third kappa shape index (κ3) is 4.85. The van der Waals surface area contributed by atoms with Gasteiger partial charge >= 0.3 is 0 Å². The highest BCUT2D eigenvalue weighted by Gasteiger charge is 2.33. The quantitative estimate of drug-likeness (QED) is 0.329. The van der Waals surface area contributed by atoms with Crippen molar-refractivity contribution in [2.75, 3.05) is 24.7 Å². The van der Waals surface area contributed by atoms with Crippen LogP contribution in [0.3, 0.4) is 0 Å². The molecule has 3 N–H and O–H groups in total. The second-order valence-electron chi connectivity index (χ2n) is 9.12. The fourth-order valence-corrected chi connectivity index (χ4v) is 3.64. The summed E-state index contributed by atoms with van der Waals surface area (Å²) in [5, 5.41) is 16.2. The van der Waals surface area contributed by atoms with Crippen LogP contribution in [0.5, 0.6) is 5.75 Å². The molecule has 8 heteroatoms. The topological polar surface area (TPSA) is 116 Å². The standard InChI is InChI=1S/C26H29N3O5/c1-15(16-10-7-6-8-11-16)14-19(30)26(2,3)28-21-20(23(32)24(21)33)27-18-13-9-12-17(22(18)31)25(34)29(4)5/h6-13,15,27-28,31H,14H2,1-5H3/t15-/m0/s1. The molecule has 0 fully saturated rings. The fraction of sp³-hybridized carbons (Fsp3) is 0.308. The molecule has 3 aromatic rings. The first-order valence-electron chi connectivity index (χ1n) is 10.9. The van der Waals surface area contributed by atoms with Crippen molar-refractivity contribution in [2.24, 2.45) is 0 Å². The Kier molecular flexibility index (Phi) is 6.91. The Balaban J connectivity index is 1.81. The lowest BCUT2D eigenvalue weighted by atomic mass is 9.87. The van der Waals surface area contributed by atoms with Crippen LogP contribution in [0.2, 0.25) is 0 Å². The Morgan fingerprint density at radius 3 is 2.21 bits per heavy atom. The number of amides is 1. The van der Waals surface area contributed by atoms with E-state index in [1.54, 1.807) is 34.0 Å². The maximum atomic E-state index is 13.0. The second kappa shape index (κ2) is 9.51. The van der Waals surface area contributed by atoms with Crippen molar-refractivity contribution in [3.8, 4) is 5.75 Å². The van der Waals surface area contributed by atoms with Gasteiger partial charge < -0.3 is 20.6 Å². The molecule has 0 saturated carbocycles. The Morgan fingerprint density at radius 1 is 0.971 bits per heavy atom. The third-order valence-electron chi connectivity index (χ3n) is 5.84. The first kappa shape index (κ1) is 24.7. The third-order valence-corrected chi connectivity index (χ3v) is 5.84. The molecule has 34 heavy (non-hydrogen) atoms. The number of aromatic hydroxyl groups is 1. The number of Topliss-reactive ketones (excluding diaryl/α,β-unsaturated/α-hetero) is 1. The van der Waals surface area contributed by atoms with Gasteiger partial charge in [-0.2, -0.15) is 0 Å². The highest BCUT2D eigenvalue weighted by atomic mass is 16.3. The minimum absolute atomic E-state index is 0.0194. The molecule has 0 radical (unpaired) electrons. The van der Waals surface area contributed by atoms with Crippen molar-refractivity contribution >= 4 is 28.8 Å². The largest absolute Gasteiger partial charge is 0.505 e. The predicted octanol–water partition coefficient (Wildman–Crippen LogP) is 3.39. The number of hydrogen-bond donors (Lipinski definition) is 3. The summed E-state index contributed by atoms with van der Waals surface area (Å²) in [6.07, 6.45) is 0.248. The summed E-state index contributed by atoms with van der Waals surface area (Å²) in [4.78, 5) is 51.2.